The van der Waals surface area contributed by atoms with Crippen LogP contribution in [-0.2, 0) is 4.79 Å². The number of ether oxygens (including phenoxy) is 2. The molecule has 1 aromatic heterocycles. The number of nitrogens with one attached hydrogen (secondary N) is 1. The molecule has 0 radical (unpaired) electrons. The standard InChI is InChI=1S/C20H27N3O3/c1-4-25-17-8-10-18(11-9-17)26-14-13-22-20(24)15-23(3)16(2)19-7-5-6-12-21-19/h5-12,16H,4,13-15H2,1-3H3,(H,22,24)/t16-/m1/s1. The molecule has 0 aliphatic heterocycles. The molecule has 1 N–H and O–H groups in total. The Morgan fingerprint density at radius 1 is 1.15 bits per heavy atom. The summed E-state index contributed by atoms with van der Waals surface area (Å²) < 4.78 is 11.0. The Hall–Kier alpha value is -2.60. The van der Waals surface area contributed by atoms with Crippen molar-refractivity contribution >= 4 is 5.91 Å². The van der Waals surface area contributed by atoms with Gasteiger partial charge in [0, 0.05) is 12.2 Å². The zero-order chi connectivity index (χ0) is 18.8. The molecular weight excluding hydrogens is 330 g/mol. The van der Waals surface area contributed by atoms with E-state index >= 15 is 0 Å². The van der Waals surface area contributed by atoms with Gasteiger partial charge < -0.3 is 14.8 Å². The molecule has 6 nitrogen and oxygen atoms in total. The van der Waals surface area contributed by atoms with E-state index in [9.17, 15) is 4.79 Å². The van der Waals surface area contributed by atoms with Gasteiger partial charge in [-0.2, -0.15) is 0 Å². The van der Waals surface area contributed by atoms with Crippen LogP contribution in [0.4, 0.5) is 0 Å². The minimum Gasteiger partial charge on any atom is -0.494 e. The Kier molecular flexibility index (Phi) is 7.89. The lowest BCUT2D eigenvalue weighted by atomic mass is 10.2. The van der Waals surface area contributed by atoms with E-state index in [0.29, 0.717) is 26.3 Å². The van der Waals surface area contributed by atoms with Gasteiger partial charge in [-0.25, -0.2) is 0 Å². The van der Waals surface area contributed by atoms with E-state index in [0.717, 1.165) is 17.2 Å². The fourth-order valence-corrected chi connectivity index (χ4v) is 2.43. The van der Waals surface area contributed by atoms with Gasteiger partial charge >= 0.3 is 0 Å². The third-order valence-corrected chi connectivity index (χ3v) is 4.00. The Morgan fingerprint density at radius 2 is 1.85 bits per heavy atom. The van der Waals surface area contributed by atoms with Gasteiger partial charge in [0.1, 0.15) is 18.1 Å². The van der Waals surface area contributed by atoms with Gasteiger partial charge in [-0.15, -0.1) is 0 Å². The van der Waals surface area contributed by atoms with Crippen molar-refractivity contribution < 1.29 is 14.3 Å². The summed E-state index contributed by atoms with van der Waals surface area (Å²) in [6, 6.07) is 13.3. The Bertz CT molecular complexity index is 662. The monoisotopic (exact) mass is 357 g/mol. The molecule has 0 aliphatic carbocycles. The summed E-state index contributed by atoms with van der Waals surface area (Å²) in [6.07, 6.45) is 1.76. The average Bonchev–Trinajstić information content (AvgIpc) is 2.67. The quantitative estimate of drug-likeness (QED) is 0.663. The second-order valence-electron chi connectivity index (χ2n) is 5.95. The van der Waals surface area contributed by atoms with Crippen LogP contribution in [0, 0.1) is 0 Å². The number of carbonyl (C=O) groups is 1. The molecule has 2 rings (SSSR count). The highest BCUT2D eigenvalue weighted by Gasteiger charge is 2.15. The lowest BCUT2D eigenvalue weighted by molar-refractivity contribution is -0.122. The van der Waals surface area contributed by atoms with E-state index in [1.54, 1.807) is 6.20 Å². The SMILES string of the molecule is CCOc1ccc(OCCNC(=O)CN(C)[C@H](C)c2ccccn2)cc1. The van der Waals surface area contributed by atoms with Gasteiger partial charge in [-0.3, -0.25) is 14.7 Å². The van der Waals surface area contributed by atoms with Crippen molar-refractivity contribution in [2.75, 3.05) is 33.4 Å². The smallest absolute Gasteiger partial charge is 0.234 e. The Balaban J connectivity index is 1.67. The molecular formula is C20H27N3O3. The summed E-state index contributed by atoms with van der Waals surface area (Å²) >= 11 is 0. The van der Waals surface area contributed by atoms with Crippen LogP contribution in [-0.4, -0.2) is 49.1 Å². The average molecular weight is 357 g/mol. The van der Waals surface area contributed by atoms with Gasteiger partial charge in [0.2, 0.25) is 5.91 Å². The van der Waals surface area contributed by atoms with Crippen LogP contribution in [0.25, 0.3) is 0 Å². The molecule has 26 heavy (non-hydrogen) atoms. The molecule has 0 aliphatic rings. The molecule has 2 aromatic rings. The maximum atomic E-state index is 12.1. The molecule has 1 aromatic carbocycles. The number of likely N-dealkylation sites (N-methyl/N-ethyl adjacent to an activating group) is 1. The lowest BCUT2D eigenvalue weighted by Crippen LogP contribution is -2.38. The Morgan fingerprint density at radius 3 is 2.46 bits per heavy atom. The first kappa shape index (κ1) is 19.7. The van der Waals surface area contributed by atoms with E-state index in [1.165, 1.54) is 0 Å². The summed E-state index contributed by atoms with van der Waals surface area (Å²) in [5.74, 6) is 1.53. The summed E-state index contributed by atoms with van der Waals surface area (Å²) in [4.78, 5) is 18.4. The molecule has 1 atom stereocenters. The molecule has 1 heterocycles. The highest BCUT2D eigenvalue weighted by molar-refractivity contribution is 5.78. The topological polar surface area (TPSA) is 63.7 Å². The first-order valence-corrected chi connectivity index (χ1v) is 8.83. The maximum absolute atomic E-state index is 12.1. The molecule has 0 fully saturated rings. The van der Waals surface area contributed by atoms with Crippen molar-refractivity contribution in [3.63, 3.8) is 0 Å². The van der Waals surface area contributed by atoms with Crippen molar-refractivity contribution in [2.24, 2.45) is 0 Å². The molecule has 0 saturated heterocycles. The number of hydrogen-bond acceptors (Lipinski definition) is 5. The van der Waals surface area contributed by atoms with Gasteiger partial charge in [-0.1, -0.05) is 6.07 Å². The van der Waals surface area contributed by atoms with Gasteiger partial charge in [0.15, 0.2) is 0 Å². The van der Waals surface area contributed by atoms with Crippen molar-refractivity contribution in [3.05, 3.63) is 54.4 Å². The van der Waals surface area contributed by atoms with Crippen molar-refractivity contribution in [3.8, 4) is 11.5 Å². The lowest BCUT2D eigenvalue weighted by Gasteiger charge is -2.23. The molecule has 1 amide bonds. The summed E-state index contributed by atoms with van der Waals surface area (Å²) in [5, 5.41) is 2.87. The maximum Gasteiger partial charge on any atom is 0.234 e. The predicted octanol–water partition coefficient (Wildman–Crippen LogP) is 2.67. The van der Waals surface area contributed by atoms with Crippen molar-refractivity contribution in [1.82, 2.24) is 15.2 Å². The highest BCUT2D eigenvalue weighted by atomic mass is 16.5. The predicted molar refractivity (Wildman–Crippen MR) is 101 cm³/mol. The third kappa shape index (κ3) is 6.37. The van der Waals surface area contributed by atoms with E-state index in [2.05, 4.69) is 10.3 Å². The number of carbonyl (C=O) groups excluding carboxylic acids is 1. The van der Waals surface area contributed by atoms with E-state index in [-0.39, 0.29) is 11.9 Å². The first-order valence-electron chi connectivity index (χ1n) is 8.83. The second kappa shape index (κ2) is 10.4. The van der Waals surface area contributed by atoms with Crippen LogP contribution in [0.3, 0.4) is 0 Å². The first-order chi connectivity index (χ1) is 12.6. The molecule has 140 valence electrons. The normalized spacial score (nSPS) is 11.8. The second-order valence-corrected chi connectivity index (χ2v) is 5.95. The number of pyridine rings is 1. The van der Waals surface area contributed by atoms with Gasteiger partial charge in [0.05, 0.1) is 25.4 Å². The molecule has 0 saturated carbocycles. The molecule has 0 bridgehead atoms. The summed E-state index contributed by atoms with van der Waals surface area (Å²) in [7, 11) is 1.91. The number of rotatable bonds is 10. The van der Waals surface area contributed by atoms with Crippen molar-refractivity contribution in [2.45, 2.75) is 19.9 Å². The number of aromatic nitrogens is 1. The fourth-order valence-electron chi connectivity index (χ4n) is 2.43. The van der Waals surface area contributed by atoms with Crippen molar-refractivity contribution in [1.29, 1.82) is 0 Å². The number of hydrogen-bond donors (Lipinski definition) is 1. The van der Waals surface area contributed by atoms with Crippen LogP contribution >= 0.6 is 0 Å². The molecule has 6 heteroatoms. The van der Waals surface area contributed by atoms with Gasteiger partial charge in [-0.05, 0) is 57.3 Å². The van der Waals surface area contributed by atoms with Crippen LogP contribution in [0.15, 0.2) is 48.7 Å². The minimum absolute atomic E-state index is 0.0365. The van der Waals surface area contributed by atoms with E-state index in [1.807, 2.05) is 68.3 Å². The highest BCUT2D eigenvalue weighted by Crippen LogP contribution is 2.17. The van der Waals surface area contributed by atoms with Gasteiger partial charge in [0.25, 0.3) is 0 Å². The van der Waals surface area contributed by atoms with E-state index in [4.69, 9.17) is 9.47 Å². The van der Waals surface area contributed by atoms with Crippen LogP contribution in [0.5, 0.6) is 11.5 Å². The Labute approximate surface area is 155 Å². The summed E-state index contributed by atoms with van der Waals surface area (Å²) in [5.41, 5.74) is 0.946. The zero-order valence-electron chi connectivity index (χ0n) is 15.6. The largest absolute Gasteiger partial charge is 0.494 e. The van der Waals surface area contributed by atoms with Crippen LogP contribution < -0.4 is 14.8 Å². The van der Waals surface area contributed by atoms with E-state index < -0.39 is 0 Å². The fraction of sp³-hybridized carbons (Fsp3) is 0.400. The molecule has 0 spiro atoms. The number of amides is 1. The molecule has 0 unspecified atom stereocenters. The third-order valence-electron chi connectivity index (χ3n) is 4.00. The minimum atomic E-state index is -0.0365. The summed E-state index contributed by atoms with van der Waals surface area (Å²) in [6.45, 7) is 5.80. The number of benzene rings is 1. The van der Waals surface area contributed by atoms with Crippen LogP contribution in [0.2, 0.25) is 0 Å². The number of nitrogens with zero attached hydrogens (tertiary/aromatic N) is 2. The van der Waals surface area contributed by atoms with Crippen LogP contribution in [0.1, 0.15) is 25.6 Å². The zero-order valence-corrected chi connectivity index (χ0v) is 15.6.